The number of rotatable bonds is 5. The molecule has 0 bridgehead atoms. The molecule has 3 N–H and O–H groups in total. The number of hydrogen-bond donors (Lipinski definition) is 2. The SMILES string of the molecule is COc1cccc(OC)c1C(=O)NCC1CC(N)C1. The van der Waals surface area contributed by atoms with E-state index < -0.39 is 0 Å². The number of nitrogens with one attached hydrogen (secondary N) is 1. The second-order valence-corrected chi connectivity index (χ2v) is 4.85. The second-order valence-electron chi connectivity index (χ2n) is 4.85. The fourth-order valence-electron chi connectivity index (χ4n) is 2.35. The molecule has 0 unspecified atom stereocenters. The summed E-state index contributed by atoms with van der Waals surface area (Å²) in [7, 11) is 3.08. The van der Waals surface area contributed by atoms with E-state index >= 15 is 0 Å². The van der Waals surface area contributed by atoms with Gasteiger partial charge in [-0.3, -0.25) is 4.79 Å². The van der Waals surface area contributed by atoms with Gasteiger partial charge >= 0.3 is 0 Å². The molecule has 1 amide bonds. The normalized spacial score (nSPS) is 21.4. The Kier molecular flexibility index (Phi) is 4.27. The molecule has 0 aliphatic heterocycles. The minimum absolute atomic E-state index is 0.172. The van der Waals surface area contributed by atoms with E-state index in [1.807, 2.05) is 0 Å². The average molecular weight is 264 g/mol. The van der Waals surface area contributed by atoms with Gasteiger partial charge in [0.15, 0.2) is 0 Å². The van der Waals surface area contributed by atoms with Crippen LogP contribution in [0.5, 0.6) is 11.5 Å². The molecule has 0 radical (unpaired) electrons. The number of ether oxygens (including phenoxy) is 2. The molecule has 19 heavy (non-hydrogen) atoms. The van der Waals surface area contributed by atoms with Gasteiger partial charge in [0.05, 0.1) is 14.2 Å². The first-order valence-electron chi connectivity index (χ1n) is 6.40. The monoisotopic (exact) mass is 264 g/mol. The maximum atomic E-state index is 12.2. The molecule has 0 aromatic heterocycles. The lowest BCUT2D eigenvalue weighted by atomic mass is 9.81. The van der Waals surface area contributed by atoms with Gasteiger partial charge in [0, 0.05) is 12.6 Å². The van der Waals surface area contributed by atoms with E-state index in [4.69, 9.17) is 15.2 Å². The predicted molar refractivity (Wildman–Crippen MR) is 72.6 cm³/mol. The summed E-state index contributed by atoms with van der Waals surface area (Å²) in [4.78, 5) is 12.2. The molecule has 1 fully saturated rings. The quantitative estimate of drug-likeness (QED) is 0.837. The zero-order valence-electron chi connectivity index (χ0n) is 11.3. The highest BCUT2D eigenvalue weighted by atomic mass is 16.5. The number of hydrogen-bond acceptors (Lipinski definition) is 4. The minimum Gasteiger partial charge on any atom is -0.496 e. The third kappa shape index (κ3) is 2.98. The summed E-state index contributed by atoms with van der Waals surface area (Å²) in [6.45, 7) is 0.647. The van der Waals surface area contributed by atoms with E-state index in [2.05, 4.69) is 5.32 Å². The van der Waals surface area contributed by atoms with Crippen LogP contribution in [0.25, 0.3) is 0 Å². The van der Waals surface area contributed by atoms with Crippen LogP contribution in [0.2, 0.25) is 0 Å². The molecule has 1 aromatic carbocycles. The highest BCUT2D eigenvalue weighted by Gasteiger charge is 2.27. The van der Waals surface area contributed by atoms with Crippen LogP contribution in [0.4, 0.5) is 0 Å². The van der Waals surface area contributed by atoms with E-state index in [1.165, 1.54) is 14.2 Å². The van der Waals surface area contributed by atoms with Gasteiger partial charge in [0.25, 0.3) is 5.91 Å². The van der Waals surface area contributed by atoms with Crippen LogP contribution < -0.4 is 20.5 Å². The van der Waals surface area contributed by atoms with Crippen LogP contribution in [-0.2, 0) is 0 Å². The van der Waals surface area contributed by atoms with Crippen molar-refractivity contribution in [3.05, 3.63) is 23.8 Å². The van der Waals surface area contributed by atoms with E-state index in [-0.39, 0.29) is 5.91 Å². The summed E-state index contributed by atoms with van der Waals surface area (Å²) >= 11 is 0. The Morgan fingerprint density at radius 2 is 1.89 bits per heavy atom. The van der Waals surface area contributed by atoms with Crippen molar-refractivity contribution >= 4 is 5.91 Å². The number of amides is 1. The van der Waals surface area contributed by atoms with Gasteiger partial charge in [-0.1, -0.05) is 6.07 Å². The highest BCUT2D eigenvalue weighted by molar-refractivity contribution is 5.99. The largest absolute Gasteiger partial charge is 0.496 e. The summed E-state index contributed by atoms with van der Waals surface area (Å²) in [5, 5.41) is 2.92. The Morgan fingerprint density at radius 3 is 2.37 bits per heavy atom. The van der Waals surface area contributed by atoms with Crippen molar-refractivity contribution in [2.24, 2.45) is 11.7 Å². The summed E-state index contributed by atoms with van der Waals surface area (Å²) < 4.78 is 10.4. The van der Waals surface area contributed by atoms with Crippen LogP contribution in [0.3, 0.4) is 0 Å². The Hall–Kier alpha value is -1.75. The van der Waals surface area contributed by atoms with E-state index in [0.29, 0.717) is 35.6 Å². The van der Waals surface area contributed by atoms with Crippen molar-refractivity contribution in [3.8, 4) is 11.5 Å². The van der Waals surface area contributed by atoms with Gasteiger partial charge in [-0.2, -0.15) is 0 Å². The van der Waals surface area contributed by atoms with Crippen molar-refractivity contribution in [1.82, 2.24) is 5.32 Å². The van der Waals surface area contributed by atoms with E-state index in [9.17, 15) is 4.79 Å². The lowest BCUT2D eigenvalue weighted by molar-refractivity contribution is 0.0929. The minimum atomic E-state index is -0.172. The van der Waals surface area contributed by atoms with Crippen molar-refractivity contribution in [1.29, 1.82) is 0 Å². The molecule has 1 aliphatic carbocycles. The molecule has 1 aromatic rings. The predicted octanol–water partition coefficient (Wildman–Crippen LogP) is 1.17. The Labute approximate surface area is 113 Å². The number of methoxy groups -OCH3 is 2. The Balaban J connectivity index is 2.05. The van der Waals surface area contributed by atoms with Crippen LogP contribution >= 0.6 is 0 Å². The first-order chi connectivity index (χ1) is 9.15. The summed E-state index contributed by atoms with van der Waals surface area (Å²) in [5.74, 6) is 1.35. The zero-order valence-corrected chi connectivity index (χ0v) is 11.3. The van der Waals surface area contributed by atoms with E-state index in [1.54, 1.807) is 18.2 Å². The standard InChI is InChI=1S/C14H20N2O3/c1-18-11-4-3-5-12(19-2)13(11)14(17)16-8-9-6-10(15)7-9/h3-5,9-10H,6-8,15H2,1-2H3,(H,16,17). The Bertz CT molecular complexity index is 434. The third-order valence-electron chi connectivity index (χ3n) is 3.48. The highest BCUT2D eigenvalue weighted by Crippen LogP contribution is 2.29. The molecule has 1 aliphatic rings. The molecule has 0 saturated heterocycles. The molecule has 5 heteroatoms. The lowest BCUT2D eigenvalue weighted by Crippen LogP contribution is -2.42. The van der Waals surface area contributed by atoms with Crippen molar-refractivity contribution in [2.45, 2.75) is 18.9 Å². The van der Waals surface area contributed by atoms with Gasteiger partial charge in [-0.25, -0.2) is 0 Å². The molecule has 0 spiro atoms. The molecule has 0 atom stereocenters. The van der Waals surface area contributed by atoms with Gasteiger partial charge in [-0.05, 0) is 30.9 Å². The fourth-order valence-corrected chi connectivity index (χ4v) is 2.35. The van der Waals surface area contributed by atoms with Crippen molar-refractivity contribution in [3.63, 3.8) is 0 Å². The molecule has 104 valence electrons. The van der Waals surface area contributed by atoms with Crippen LogP contribution in [0.1, 0.15) is 23.2 Å². The molecular weight excluding hydrogens is 244 g/mol. The zero-order chi connectivity index (χ0) is 13.8. The van der Waals surface area contributed by atoms with Crippen LogP contribution in [-0.4, -0.2) is 32.7 Å². The van der Waals surface area contributed by atoms with Gasteiger partial charge in [0.1, 0.15) is 17.1 Å². The maximum Gasteiger partial charge on any atom is 0.258 e. The molecule has 0 heterocycles. The van der Waals surface area contributed by atoms with Crippen molar-refractivity contribution in [2.75, 3.05) is 20.8 Å². The number of carbonyl (C=O) groups is 1. The van der Waals surface area contributed by atoms with Gasteiger partial charge in [0.2, 0.25) is 0 Å². The smallest absolute Gasteiger partial charge is 0.258 e. The van der Waals surface area contributed by atoms with Gasteiger partial charge < -0.3 is 20.5 Å². The second kappa shape index (κ2) is 5.93. The Morgan fingerprint density at radius 1 is 1.32 bits per heavy atom. The van der Waals surface area contributed by atoms with E-state index in [0.717, 1.165) is 12.8 Å². The third-order valence-corrected chi connectivity index (χ3v) is 3.48. The number of carbonyl (C=O) groups excluding carboxylic acids is 1. The molecule has 5 nitrogen and oxygen atoms in total. The molecule has 2 rings (SSSR count). The summed E-state index contributed by atoms with van der Waals surface area (Å²) in [5.41, 5.74) is 6.17. The van der Waals surface area contributed by atoms with Crippen LogP contribution in [0, 0.1) is 5.92 Å². The lowest BCUT2D eigenvalue weighted by Gasteiger charge is -2.32. The average Bonchev–Trinajstić information content (AvgIpc) is 2.40. The maximum absolute atomic E-state index is 12.2. The first-order valence-corrected chi connectivity index (χ1v) is 6.40. The fraction of sp³-hybridized carbons (Fsp3) is 0.500. The van der Waals surface area contributed by atoms with Gasteiger partial charge in [-0.15, -0.1) is 0 Å². The topological polar surface area (TPSA) is 73.6 Å². The molecular formula is C14H20N2O3. The summed E-state index contributed by atoms with van der Waals surface area (Å²) in [6, 6.07) is 5.58. The number of nitrogens with two attached hydrogens (primary N) is 1. The van der Waals surface area contributed by atoms with Crippen LogP contribution in [0.15, 0.2) is 18.2 Å². The first kappa shape index (κ1) is 13.7. The number of benzene rings is 1. The molecule has 1 saturated carbocycles. The summed E-state index contributed by atoms with van der Waals surface area (Å²) in [6.07, 6.45) is 1.95. The van der Waals surface area contributed by atoms with Crippen molar-refractivity contribution < 1.29 is 14.3 Å².